The molecule has 0 bridgehead atoms. The number of benzene rings is 1. The van der Waals surface area contributed by atoms with Crippen molar-refractivity contribution < 1.29 is 9.90 Å². The zero-order valence-corrected chi connectivity index (χ0v) is 12.5. The molecule has 0 radical (unpaired) electrons. The number of rotatable bonds is 1. The van der Waals surface area contributed by atoms with Crippen molar-refractivity contribution in [3.63, 3.8) is 0 Å². The van der Waals surface area contributed by atoms with Gasteiger partial charge in [-0.1, -0.05) is 29.5 Å². The fourth-order valence-electron chi connectivity index (χ4n) is 2.74. The summed E-state index contributed by atoms with van der Waals surface area (Å²) in [7, 11) is 0. The Kier molecular flexibility index (Phi) is 3.13. The molecule has 1 aliphatic rings. The second kappa shape index (κ2) is 5.15. The van der Waals surface area contributed by atoms with Gasteiger partial charge < -0.3 is 10.0 Å². The van der Waals surface area contributed by atoms with E-state index in [9.17, 15) is 9.90 Å². The first-order valence-corrected chi connectivity index (χ1v) is 7.83. The van der Waals surface area contributed by atoms with E-state index in [4.69, 9.17) is 0 Å². The van der Waals surface area contributed by atoms with Gasteiger partial charge in [0, 0.05) is 18.3 Å². The molecule has 0 saturated carbocycles. The Morgan fingerprint density at radius 2 is 2.14 bits per heavy atom. The fraction of sp³-hybridized carbons (Fsp3) is 0.188. The Hall–Kier alpha value is -2.31. The summed E-state index contributed by atoms with van der Waals surface area (Å²) in [6.07, 6.45) is 1.71. The number of hydrogen-bond donors (Lipinski definition) is 1. The van der Waals surface area contributed by atoms with Crippen molar-refractivity contribution in [2.24, 2.45) is 0 Å². The minimum absolute atomic E-state index is 0.186. The molecule has 110 valence electrons. The summed E-state index contributed by atoms with van der Waals surface area (Å²) in [6, 6.07) is 11.3. The van der Waals surface area contributed by atoms with E-state index >= 15 is 0 Å². The summed E-state index contributed by atoms with van der Waals surface area (Å²) < 4.78 is 0. The second-order valence-corrected chi connectivity index (χ2v) is 6.23. The minimum Gasteiger partial charge on any atom is -0.391 e. The quantitative estimate of drug-likeness (QED) is 0.748. The van der Waals surface area contributed by atoms with E-state index in [1.54, 1.807) is 17.2 Å². The zero-order chi connectivity index (χ0) is 15.1. The van der Waals surface area contributed by atoms with Crippen molar-refractivity contribution in [3.8, 4) is 0 Å². The molecule has 3 heterocycles. The largest absolute Gasteiger partial charge is 0.391 e. The first kappa shape index (κ1) is 13.4. The molecule has 0 saturated heterocycles. The van der Waals surface area contributed by atoms with Crippen molar-refractivity contribution in [2.75, 3.05) is 11.4 Å². The van der Waals surface area contributed by atoms with Crippen molar-refractivity contribution in [1.29, 1.82) is 0 Å². The average molecular weight is 311 g/mol. The maximum absolute atomic E-state index is 12.8. The van der Waals surface area contributed by atoms with Gasteiger partial charge in [-0.2, -0.15) is 0 Å². The van der Waals surface area contributed by atoms with Crippen LogP contribution in [0.1, 0.15) is 15.4 Å². The van der Waals surface area contributed by atoms with E-state index in [0.29, 0.717) is 18.0 Å². The fourth-order valence-corrected chi connectivity index (χ4v) is 3.60. The maximum Gasteiger partial charge on any atom is 0.287 e. The first-order chi connectivity index (χ1) is 10.7. The minimum atomic E-state index is -0.550. The summed E-state index contributed by atoms with van der Waals surface area (Å²) in [5.74, 6) is -0.186. The molecule has 22 heavy (non-hydrogen) atoms. The smallest absolute Gasteiger partial charge is 0.287 e. The summed E-state index contributed by atoms with van der Waals surface area (Å²) in [5, 5.41) is 10.4. The van der Waals surface area contributed by atoms with Crippen LogP contribution in [0.15, 0.2) is 42.6 Å². The predicted molar refractivity (Wildman–Crippen MR) is 85.2 cm³/mol. The monoisotopic (exact) mass is 311 g/mol. The molecule has 1 aliphatic heterocycles. The Bertz CT molecular complexity index is 828. The number of hydrogen-bond acceptors (Lipinski definition) is 5. The van der Waals surface area contributed by atoms with Gasteiger partial charge in [0.25, 0.3) is 5.91 Å². The van der Waals surface area contributed by atoms with Crippen LogP contribution < -0.4 is 4.90 Å². The molecule has 2 aromatic heterocycles. The van der Waals surface area contributed by atoms with Crippen LogP contribution in [0.4, 0.5) is 5.69 Å². The third-order valence-corrected chi connectivity index (χ3v) is 4.69. The number of pyridine rings is 1. The number of aliphatic hydroxyl groups is 1. The topological polar surface area (TPSA) is 66.3 Å². The van der Waals surface area contributed by atoms with Crippen LogP contribution in [-0.4, -0.2) is 33.6 Å². The van der Waals surface area contributed by atoms with Crippen molar-refractivity contribution in [1.82, 2.24) is 9.97 Å². The number of carbonyl (C=O) groups excluding carboxylic acids is 1. The number of fused-ring (bicyclic) bond motifs is 2. The van der Waals surface area contributed by atoms with Gasteiger partial charge >= 0.3 is 0 Å². The highest BCUT2D eigenvalue weighted by Gasteiger charge is 2.29. The van der Waals surface area contributed by atoms with E-state index in [-0.39, 0.29) is 5.91 Å². The van der Waals surface area contributed by atoms with Gasteiger partial charge in [0.1, 0.15) is 10.3 Å². The molecular formula is C16H13N3O2S. The number of β-amino-alcohol motifs (C(OH)–C–C–N with tert-alkyl or cyclic N) is 1. The number of nitrogens with zero attached hydrogens (tertiary/aromatic N) is 3. The summed E-state index contributed by atoms with van der Waals surface area (Å²) in [4.78, 5) is 23.8. The Balaban J connectivity index is 1.76. The SMILES string of the molecule is O=C(c1nc2cccnc2s1)N1CC(O)Cc2ccccc21. The van der Waals surface area contributed by atoms with Crippen LogP contribution in [0, 0.1) is 0 Å². The number of carbonyl (C=O) groups is 1. The predicted octanol–water partition coefficient (Wildman–Crippen LogP) is 2.26. The second-order valence-electron chi connectivity index (χ2n) is 5.25. The van der Waals surface area contributed by atoms with Crippen molar-refractivity contribution in [3.05, 3.63) is 53.2 Å². The standard InChI is InChI=1S/C16H13N3O2S/c20-11-8-10-4-1-2-6-13(10)19(9-11)16(21)15-18-12-5-3-7-17-14(12)22-15/h1-7,11,20H,8-9H2. The molecule has 1 amide bonds. The van der Waals surface area contributed by atoms with E-state index < -0.39 is 6.10 Å². The molecule has 1 N–H and O–H groups in total. The van der Waals surface area contributed by atoms with Crippen LogP contribution in [0.2, 0.25) is 0 Å². The molecule has 1 unspecified atom stereocenters. The lowest BCUT2D eigenvalue weighted by atomic mass is 10.00. The van der Waals surface area contributed by atoms with E-state index in [0.717, 1.165) is 21.6 Å². The average Bonchev–Trinajstić information content (AvgIpc) is 2.97. The first-order valence-electron chi connectivity index (χ1n) is 7.02. The number of para-hydroxylation sites is 1. The summed E-state index contributed by atoms with van der Waals surface area (Å²) in [5.41, 5.74) is 2.56. The highest BCUT2D eigenvalue weighted by atomic mass is 32.1. The number of amides is 1. The highest BCUT2D eigenvalue weighted by Crippen LogP contribution is 2.30. The maximum atomic E-state index is 12.8. The molecule has 4 rings (SSSR count). The molecule has 5 nitrogen and oxygen atoms in total. The Morgan fingerprint density at radius 3 is 3.00 bits per heavy atom. The number of aromatic nitrogens is 2. The number of thiazole rings is 1. The summed E-state index contributed by atoms with van der Waals surface area (Å²) >= 11 is 1.28. The normalized spacial score (nSPS) is 17.5. The van der Waals surface area contributed by atoms with Gasteiger partial charge in [0.15, 0.2) is 5.01 Å². The number of aliphatic hydroxyl groups excluding tert-OH is 1. The Labute approximate surface area is 130 Å². The van der Waals surface area contributed by atoms with Gasteiger partial charge in [-0.25, -0.2) is 9.97 Å². The van der Waals surface area contributed by atoms with Crippen LogP contribution in [-0.2, 0) is 6.42 Å². The molecule has 6 heteroatoms. The van der Waals surface area contributed by atoms with Crippen LogP contribution in [0.25, 0.3) is 10.3 Å². The van der Waals surface area contributed by atoms with E-state index in [1.165, 1.54) is 11.3 Å². The molecule has 0 spiro atoms. The molecule has 0 fully saturated rings. The molecule has 3 aromatic rings. The highest BCUT2D eigenvalue weighted by molar-refractivity contribution is 7.20. The number of anilines is 1. The molecule has 1 aromatic carbocycles. The van der Waals surface area contributed by atoms with Gasteiger partial charge in [-0.15, -0.1) is 0 Å². The van der Waals surface area contributed by atoms with Crippen molar-refractivity contribution in [2.45, 2.75) is 12.5 Å². The Morgan fingerprint density at radius 1 is 1.27 bits per heavy atom. The van der Waals surface area contributed by atoms with Crippen LogP contribution >= 0.6 is 11.3 Å². The lowest BCUT2D eigenvalue weighted by Crippen LogP contribution is -2.42. The zero-order valence-electron chi connectivity index (χ0n) is 11.6. The van der Waals surface area contributed by atoms with Gasteiger partial charge in [-0.3, -0.25) is 4.79 Å². The molecule has 1 atom stereocenters. The summed E-state index contributed by atoms with van der Waals surface area (Å²) in [6.45, 7) is 0.291. The van der Waals surface area contributed by atoms with Crippen molar-refractivity contribution >= 4 is 33.3 Å². The molecular weight excluding hydrogens is 298 g/mol. The van der Waals surface area contributed by atoms with Gasteiger partial charge in [0.05, 0.1) is 12.6 Å². The third-order valence-electron chi connectivity index (χ3n) is 3.73. The van der Waals surface area contributed by atoms with Crippen LogP contribution in [0.3, 0.4) is 0 Å². The van der Waals surface area contributed by atoms with Gasteiger partial charge in [-0.05, 0) is 23.8 Å². The van der Waals surface area contributed by atoms with Crippen LogP contribution in [0.5, 0.6) is 0 Å². The van der Waals surface area contributed by atoms with E-state index in [1.807, 2.05) is 30.3 Å². The molecule has 0 aliphatic carbocycles. The van der Waals surface area contributed by atoms with Gasteiger partial charge in [0.2, 0.25) is 0 Å². The van der Waals surface area contributed by atoms with E-state index in [2.05, 4.69) is 9.97 Å². The third kappa shape index (κ3) is 2.17. The lowest BCUT2D eigenvalue weighted by molar-refractivity contribution is 0.0954. The lowest BCUT2D eigenvalue weighted by Gasteiger charge is -2.31.